The van der Waals surface area contributed by atoms with E-state index in [9.17, 15) is 14.0 Å². The Morgan fingerprint density at radius 1 is 1.14 bits per heavy atom. The van der Waals surface area contributed by atoms with E-state index in [4.69, 9.17) is 4.74 Å². The van der Waals surface area contributed by atoms with E-state index in [0.717, 1.165) is 11.1 Å². The number of ether oxygens (including phenoxy) is 1. The monoisotopic (exact) mass is 386 g/mol. The zero-order chi connectivity index (χ0) is 20.7. The number of aryl methyl sites for hydroxylation is 1. The van der Waals surface area contributed by atoms with E-state index in [0.29, 0.717) is 17.9 Å². The van der Waals surface area contributed by atoms with Gasteiger partial charge in [-0.1, -0.05) is 30.3 Å². The molecule has 1 N–H and O–H groups in total. The number of amides is 2. The van der Waals surface area contributed by atoms with Gasteiger partial charge in [0, 0.05) is 24.9 Å². The molecule has 0 heterocycles. The number of hydrogen-bond donors (Lipinski definition) is 1. The number of rotatable bonds is 8. The van der Waals surface area contributed by atoms with E-state index < -0.39 is 5.91 Å². The maximum absolute atomic E-state index is 14.0. The first-order chi connectivity index (χ1) is 13.3. The number of anilines is 1. The summed E-state index contributed by atoms with van der Waals surface area (Å²) < 4.78 is 19.2. The summed E-state index contributed by atoms with van der Waals surface area (Å²) in [6, 6.07) is 11.6. The van der Waals surface area contributed by atoms with Gasteiger partial charge >= 0.3 is 0 Å². The maximum atomic E-state index is 14.0. The Kier molecular flexibility index (Phi) is 7.70. The van der Waals surface area contributed by atoms with Crippen LogP contribution in [-0.4, -0.2) is 36.5 Å². The molecule has 0 radical (unpaired) electrons. The average molecular weight is 386 g/mol. The van der Waals surface area contributed by atoms with Crippen molar-refractivity contribution >= 4 is 17.5 Å². The van der Waals surface area contributed by atoms with E-state index >= 15 is 0 Å². The summed E-state index contributed by atoms with van der Waals surface area (Å²) in [5.41, 5.74) is 3.09. The van der Waals surface area contributed by atoms with Crippen LogP contribution in [0.5, 0.6) is 0 Å². The van der Waals surface area contributed by atoms with Crippen LogP contribution in [0.1, 0.15) is 30.0 Å². The molecule has 150 valence electrons. The fourth-order valence-corrected chi connectivity index (χ4v) is 2.95. The van der Waals surface area contributed by atoms with Gasteiger partial charge in [-0.05, 0) is 44.0 Å². The topological polar surface area (TPSA) is 58.6 Å². The third-order valence-electron chi connectivity index (χ3n) is 4.75. The van der Waals surface area contributed by atoms with Crippen molar-refractivity contribution in [3.8, 4) is 0 Å². The Labute approximate surface area is 165 Å². The minimum absolute atomic E-state index is 0.0762. The lowest BCUT2D eigenvalue weighted by atomic mass is 10.1. The summed E-state index contributed by atoms with van der Waals surface area (Å²) in [5.74, 6) is -1.16. The van der Waals surface area contributed by atoms with E-state index in [2.05, 4.69) is 5.32 Å². The zero-order valence-electron chi connectivity index (χ0n) is 16.8. The van der Waals surface area contributed by atoms with E-state index in [1.165, 1.54) is 18.1 Å². The third kappa shape index (κ3) is 5.63. The molecule has 1 atom stereocenters. The molecule has 0 aliphatic rings. The number of carbonyl (C=O) groups is 2. The summed E-state index contributed by atoms with van der Waals surface area (Å²) in [6.45, 7) is 6.05. The molecule has 0 aliphatic carbocycles. The number of benzene rings is 2. The molecular formula is C22H27FN2O3. The minimum atomic E-state index is -0.401. The van der Waals surface area contributed by atoms with Crippen LogP contribution < -0.4 is 5.32 Å². The molecule has 28 heavy (non-hydrogen) atoms. The lowest BCUT2D eigenvalue weighted by molar-refractivity contribution is -0.137. The highest BCUT2D eigenvalue weighted by molar-refractivity contribution is 6.04. The first-order valence-corrected chi connectivity index (χ1v) is 9.21. The molecule has 0 saturated heterocycles. The normalized spacial score (nSPS) is 11.8. The van der Waals surface area contributed by atoms with Gasteiger partial charge in [0.1, 0.15) is 12.2 Å². The Bertz CT molecular complexity index is 838. The van der Waals surface area contributed by atoms with Gasteiger partial charge in [-0.3, -0.25) is 9.59 Å². The highest BCUT2D eigenvalue weighted by atomic mass is 19.1. The van der Waals surface area contributed by atoms with Crippen LogP contribution in [0.25, 0.3) is 0 Å². The smallest absolute Gasteiger partial charge is 0.233 e. The number of halogens is 1. The second-order valence-electron chi connectivity index (χ2n) is 6.89. The molecule has 2 aromatic rings. The third-order valence-corrected chi connectivity index (χ3v) is 4.75. The van der Waals surface area contributed by atoms with Crippen LogP contribution in [0.4, 0.5) is 10.1 Å². The number of carbonyl (C=O) groups excluding carboxylic acids is 2. The molecule has 5 nitrogen and oxygen atoms in total. The molecule has 0 unspecified atom stereocenters. The molecular weight excluding hydrogens is 359 g/mol. The van der Waals surface area contributed by atoms with Crippen molar-refractivity contribution in [1.82, 2.24) is 4.90 Å². The van der Waals surface area contributed by atoms with Gasteiger partial charge in [0.25, 0.3) is 0 Å². The molecule has 0 spiro atoms. The molecule has 0 aliphatic heterocycles. The first-order valence-electron chi connectivity index (χ1n) is 9.21. The second kappa shape index (κ2) is 9.99. The molecule has 2 rings (SSSR count). The summed E-state index contributed by atoms with van der Waals surface area (Å²) in [4.78, 5) is 26.7. The summed E-state index contributed by atoms with van der Waals surface area (Å²) in [5, 5.41) is 2.79. The predicted octanol–water partition coefficient (Wildman–Crippen LogP) is 3.83. The molecule has 6 heteroatoms. The average Bonchev–Trinajstić information content (AvgIpc) is 2.64. The molecule has 0 bridgehead atoms. The number of methoxy groups -OCH3 is 1. The summed E-state index contributed by atoms with van der Waals surface area (Å²) in [6.07, 6.45) is -0.324. The second-order valence-corrected chi connectivity index (χ2v) is 6.89. The number of hydrogen-bond acceptors (Lipinski definition) is 3. The minimum Gasteiger partial charge on any atom is -0.383 e. The first kappa shape index (κ1) is 21.6. The molecule has 0 fully saturated rings. The Balaban J connectivity index is 2.11. The van der Waals surface area contributed by atoms with Crippen molar-refractivity contribution in [2.75, 3.05) is 19.0 Å². The van der Waals surface area contributed by atoms with Gasteiger partial charge in [0.05, 0.1) is 12.6 Å². The quantitative estimate of drug-likeness (QED) is 0.702. The van der Waals surface area contributed by atoms with E-state index in [1.807, 2.05) is 32.9 Å². The molecule has 2 amide bonds. The Hall–Kier alpha value is -2.73. The lowest BCUT2D eigenvalue weighted by Gasteiger charge is -2.29. The predicted molar refractivity (Wildman–Crippen MR) is 107 cm³/mol. The summed E-state index contributed by atoms with van der Waals surface area (Å²) >= 11 is 0. The Morgan fingerprint density at radius 2 is 1.86 bits per heavy atom. The van der Waals surface area contributed by atoms with Crippen molar-refractivity contribution < 1.29 is 18.7 Å². The maximum Gasteiger partial charge on any atom is 0.233 e. The van der Waals surface area contributed by atoms with Crippen LogP contribution in [-0.2, 0) is 20.9 Å². The SMILES string of the molecule is COC[C@H](C)N(Cc1ccccc1F)C(=O)CC(=O)Nc1cccc(C)c1C. The van der Waals surface area contributed by atoms with Crippen LogP contribution in [0.3, 0.4) is 0 Å². The van der Waals surface area contributed by atoms with Crippen molar-refractivity contribution in [3.63, 3.8) is 0 Å². The highest BCUT2D eigenvalue weighted by Crippen LogP contribution is 2.19. The van der Waals surface area contributed by atoms with Crippen molar-refractivity contribution in [1.29, 1.82) is 0 Å². The molecule has 0 saturated carbocycles. The van der Waals surface area contributed by atoms with Gasteiger partial charge in [-0.2, -0.15) is 0 Å². The fraction of sp³-hybridized carbons (Fsp3) is 0.364. The Morgan fingerprint density at radius 3 is 2.54 bits per heavy atom. The van der Waals surface area contributed by atoms with Crippen molar-refractivity contribution in [2.45, 2.75) is 39.8 Å². The van der Waals surface area contributed by atoms with Crippen LogP contribution in [0, 0.1) is 19.7 Å². The highest BCUT2D eigenvalue weighted by Gasteiger charge is 2.24. The fourth-order valence-electron chi connectivity index (χ4n) is 2.95. The van der Waals surface area contributed by atoms with Crippen molar-refractivity contribution in [3.05, 3.63) is 65.0 Å². The van der Waals surface area contributed by atoms with E-state index in [1.54, 1.807) is 24.3 Å². The summed E-state index contributed by atoms with van der Waals surface area (Å²) in [7, 11) is 1.54. The van der Waals surface area contributed by atoms with Gasteiger partial charge in [0.15, 0.2) is 0 Å². The molecule has 0 aromatic heterocycles. The van der Waals surface area contributed by atoms with Crippen molar-refractivity contribution in [2.24, 2.45) is 0 Å². The van der Waals surface area contributed by atoms with Gasteiger partial charge < -0.3 is 15.0 Å². The van der Waals surface area contributed by atoms with Crippen LogP contribution in [0.2, 0.25) is 0 Å². The standard InChI is InChI=1S/C22H27FN2O3/c1-15-8-7-11-20(17(15)3)24-21(26)12-22(27)25(16(2)14-28-4)13-18-9-5-6-10-19(18)23/h5-11,16H,12-14H2,1-4H3,(H,24,26)/t16-/m0/s1. The largest absolute Gasteiger partial charge is 0.383 e. The number of nitrogens with zero attached hydrogens (tertiary/aromatic N) is 1. The van der Waals surface area contributed by atoms with Gasteiger partial charge in [-0.25, -0.2) is 4.39 Å². The number of nitrogens with one attached hydrogen (secondary N) is 1. The van der Waals surface area contributed by atoms with Gasteiger partial charge in [-0.15, -0.1) is 0 Å². The van der Waals surface area contributed by atoms with E-state index in [-0.39, 0.29) is 30.7 Å². The van der Waals surface area contributed by atoms with Crippen LogP contribution >= 0.6 is 0 Å². The molecule has 2 aromatic carbocycles. The lowest BCUT2D eigenvalue weighted by Crippen LogP contribution is -2.42. The van der Waals surface area contributed by atoms with Crippen LogP contribution in [0.15, 0.2) is 42.5 Å². The zero-order valence-corrected chi connectivity index (χ0v) is 16.8. The van der Waals surface area contributed by atoms with Gasteiger partial charge in [0.2, 0.25) is 11.8 Å².